The van der Waals surface area contributed by atoms with E-state index in [0.29, 0.717) is 5.52 Å². The van der Waals surface area contributed by atoms with Gasteiger partial charge >= 0.3 is 5.97 Å². The molecule has 0 bridgehead atoms. The lowest BCUT2D eigenvalue weighted by Gasteiger charge is -2.18. The zero-order valence-electron chi connectivity index (χ0n) is 15.4. The van der Waals surface area contributed by atoms with Crippen molar-refractivity contribution in [1.82, 2.24) is 10.3 Å². The fourth-order valence-corrected chi connectivity index (χ4v) is 3.81. The molecule has 0 aliphatic rings. The van der Waals surface area contributed by atoms with Gasteiger partial charge in [0, 0.05) is 10.3 Å². The third kappa shape index (κ3) is 4.50. The molecule has 2 aromatic carbocycles. The van der Waals surface area contributed by atoms with E-state index in [1.54, 1.807) is 23.5 Å². The molecule has 0 fully saturated rings. The Labute approximate surface area is 172 Å². The molecule has 0 saturated heterocycles. The average molecular weight is 402 g/mol. The lowest BCUT2D eigenvalue weighted by Crippen LogP contribution is -2.32. The van der Waals surface area contributed by atoms with Crippen LogP contribution in [0.3, 0.4) is 0 Å². The van der Waals surface area contributed by atoms with Crippen LogP contribution in [-0.2, 0) is 9.53 Å². The van der Waals surface area contributed by atoms with Gasteiger partial charge in [0.05, 0.1) is 11.6 Å². The van der Waals surface area contributed by atoms with Crippen LogP contribution in [0.5, 0.6) is 0 Å². The molecule has 6 heteroatoms. The number of nitrogens with one attached hydrogen (secondary N) is 1. The highest BCUT2D eigenvalue weighted by atomic mass is 32.1. The van der Waals surface area contributed by atoms with E-state index >= 15 is 0 Å². The number of thiophene rings is 1. The standard InChI is InChI=1S/C23H18N2O3S/c26-21(25-22(20-11-6-14-29-20)17-8-2-1-3-9-17)15-28-23(27)19-13-12-16-7-4-5-10-18(16)24-19/h1-14,22H,15H2,(H,25,26)/t22-/m0/s1. The van der Waals surface area contributed by atoms with Crippen LogP contribution in [0, 0.1) is 0 Å². The van der Waals surface area contributed by atoms with Crippen molar-refractivity contribution in [3.05, 3.63) is 100 Å². The average Bonchev–Trinajstić information content (AvgIpc) is 3.30. The number of carbonyl (C=O) groups is 2. The smallest absolute Gasteiger partial charge is 0.357 e. The Balaban J connectivity index is 1.42. The first-order valence-corrected chi connectivity index (χ1v) is 9.99. The molecule has 144 valence electrons. The molecule has 4 aromatic rings. The summed E-state index contributed by atoms with van der Waals surface area (Å²) in [4.78, 5) is 30.1. The van der Waals surface area contributed by atoms with Gasteiger partial charge in [-0.1, -0.05) is 60.7 Å². The van der Waals surface area contributed by atoms with Crippen LogP contribution in [0.2, 0.25) is 0 Å². The second kappa shape index (κ2) is 8.67. The van der Waals surface area contributed by atoms with Gasteiger partial charge in [-0.25, -0.2) is 9.78 Å². The minimum atomic E-state index is -0.627. The Hall–Kier alpha value is -3.51. The van der Waals surface area contributed by atoms with E-state index in [0.717, 1.165) is 15.8 Å². The van der Waals surface area contributed by atoms with Gasteiger partial charge in [-0.15, -0.1) is 11.3 Å². The number of fused-ring (bicyclic) bond motifs is 1. The molecule has 0 saturated carbocycles. The van der Waals surface area contributed by atoms with Gasteiger partial charge in [0.15, 0.2) is 6.61 Å². The molecular weight excluding hydrogens is 384 g/mol. The minimum Gasteiger partial charge on any atom is -0.451 e. The number of hydrogen-bond acceptors (Lipinski definition) is 5. The Morgan fingerprint density at radius 2 is 1.72 bits per heavy atom. The van der Waals surface area contributed by atoms with Crippen LogP contribution in [-0.4, -0.2) is 23.5 Å². The second-order valence-corrected chi connectivity index (χ2v) is 7.37. The highest BCUT2D eigenvalue weighted by Crippen LogP contribution is 2.25. The number of esters is 1. The van der Waals surface area contributed by atoms with Crippen molar-refractivity contribution in [2.75, 3.05) is 6.61 Å². The van der Waals surface area contributed by atoms with Crippen molar-refractivity contribution in [3.8, 4) is 0 Å². The van der Waals surface area contributed by atoms with Crippen LogP contribution < -0.4 is 5.32 Å². The highest BCUT2D eigenvalue weighted by Gasteiger charge is 2.19. The van der Waals surface area contributed by atoms with Crippen LogP contribution in [0.4, 0.5) is 0 Å². The van der Waals surface area contributed by atoms with E-state index in [4.69, 9.17) is 4.74 Å². The van der Waals surface area contributed by atoms with Crippen LogP contribution in [0.25, 0.3) is 10.9 Å². The van der Waals surface area contributed by atoms with Gasteiger partial charge in [-0.05, 0) is 29.1 Å². The summed E-state index contributed by atoms with van der Waals surface area (Å²) < 4.78 is 5.18. The third-order valence-corrected chi connectivity index (χ3v) is 5.35. The Morgan fingerprint density at radius 1 is 0.931 bits per heavy atom. The van der Waals surface area contributed by atoms with Crippen molar-refractivity contribution in [2.24, 2.45) is 0 Å². The number of hydrogen-bond donors (Lipinski definition) is 1. The molecule has 5 nitrogen and oxygen atoms in total. The van der Waals surface area contributed by atoms with Crippen molar-refractivity contribution in [2.45, 2.75) is 6.04 Å². The molecule has 0 spiro atoms. The number of amides is 1. The molecule has 0 unspecified atom stereocenters. The lowest BCUT2D eigenvalue weighted by atomic mass is 10.1. The van der Waals surface area contributed by atoms with Gasteiger partial charge in [0.25, 0.3) is 5.91 Å². The predicted octanol–water partition coefficient (Wildman–Crippen LogP) is 4.36. The summed E-state index contributed by atoms with van der Waals surface area (Å²) in [7, 11) is 0. The summed E-state index contributed by atoms with van der Waals surface area (Å²) in [6, 6.07) is 24.2. The van der Waals surface area contributed by atoms with Crippen molar-refractivity contribution < 1.29 is 14.3 Å². The Morgan fingerprint density at radius 3 is 2.52 bits per heavy atom. The number of rotatable bonds is 6. The summed E-state index contributed by atoms with van der Waals surface area (Å²) in [5.74, 6) is -1.00. The zero-order chi connectivity index (χ0) is 20.1. The fourth-order valence-electron chi connectivity index (χ4n) is 3.01. The monoisotopic (exact) mass is 402 g/mol. The van der Waals surface area contributed by atoms with E-state index in [9.17, 15) is 9.59 Å². The van der Waals surface area contributed by atoms with Gasteiger partial charge in [0.2, 0.25) is 0 Å². The topological polar surface area (TPSA) is 68.3 Å². The Bertz CT molecular complexity index is 1130. The van der Waals surface area contributed by atoms with Crippen LogP contribution in [0.1, 0.15) is 27.0 Å². The van der Waals surface area contributed by atoms with E-state index in [2.05, 4.69) is 10.3 Å². The largest absolute Gasteiger partial charge is 0.451 e. The SMILES string of the molecule is O=C(COC(=O)c1ccc2ccccc2n1)N[C@@H](c1ccccc1)c1cccs1. The van der Waals surface area contributed by atoms with E-state index < -0.39 is 5.97 Å². The minimum absolute atomic E-state index is 0.175. The molecule has 2 aromatic heterocycles. The summed E-state index contributed by atoms with van der Waals surface area (Å²) in [6.07, 6.45) is 0. The van der Waals surface area contributed by atoms with Crippen LogP contribution in [0.15, 0.2) is 84.2 Å². The van der Waals surface area contributed by atoms with Crippen molar-refractivity contribution in [3.63, 3.8) is 0 Å². The number of benzene rings is 2. The normalized spacial score (nSPS) is 11.7. The van der Waals surface area contributed by atoms with Crippen LogP contribution >= 0.6 is 11.3 Å². The van der Waals surface area contributed by atoms with E-state index in [-0.39, 0.29) is 24.2 Å². The molecule has 0 aliphatic heterocycles. The molecule has 2 heterocycles. The Kier molecular flexibility index (Phi) is 5.63. The summed E-state index contributed by atoms with van der Waals surface area (Å²) in [5.41, 5.74) is 1.84. The van der Waals surface area contributed by atoms with E-state index in [1.807, 2.05) is 72.1 Å². The zero-order valence-corrected chi connectivity index (χ0v) is 16.3. The van der Waals surface area contributed by atoms with E-state index in [1.165, 1.54) is 0 Å². The van der Waals surface area contributed by atoms with Crippen molar-refractivity contribution >= 4 is 34.1 Å². The first kappa shape index (κ1) is 18.8. The number of ether oxygens (including phenoxy) is 1. The summed E-state index contributed by atoms with van der Waals surface area (Å²) in [5, 5.41) is 5.84. The van der Waals surface area contributed by atoms with Gasteiger partial charge in [0.1, 0.15) is 5.69 Å². The molecule has 1 amide bonds. The maximum Gasteiger partial charge on any atom is 0.357 e. The van der Waals surface area contributed by atoms with Crippen molar-refractivity contribution in [1.29, 1.82) is 0 Å². The lowest BCUT2D eigenvalue weighted by molar-refractivity contribution is -0.124. The number of pyridine rings is 1. The first-order valence-electron chi connectivity index (χ1n) is 9.11. The van der Waals surface area contributed by atoms with Gasteiger partial charge in [-0.3, -0.25) is 4.79 Å². The fraction of sp³-hybridized carbons (Fsp3) is 0.0870. The number of para-hydroxylation sites is 1. The number of aromatic nitrogens is 1. The maximum absolute atomic E-state index is 12.5. The summed E-state index contributed by atoms with van der Waals surface area (Å²) in [6.45, 7) is -0.373. The quantitative estimate of drug-likeness (QED) is 0.487. The highest BCUT2D eigenvalue weighted by molar-refractivity contribution is 7.10. The molecule has 1 N–H and O–H groups in total. The number of carbonyl (C=O) groups excluding carboxylic acids is 2. The predicted molar refractivity (Wildman–Crippen MR) is 113 cm³/mol. The molecule has 0 aliphatic carbocycles. The first-order chi connectivity index (χ1) is 14.2. The molecular formula is C23H18N2O3S. The molecule has 1 atom stereocenters. The number of nitrogens with zero attached hydrogens (tertiary/aromatic N) is 1. The molecule has 4 rings (SSSR count). The van der Waals surface area contributed by atoms with Gasteiger partial charge in [-0.2, -0.15) is 0 Å². The molecule has 29 heavy (non-hydrogen) atoms. The molecule has 0 radical (unpaired) electrons. The third-order valence-electron chi connectivity index (χ3n) is 4.41. The maximum atomic E-state index is 12.5. The summed E-state index contributed by atoms with van der Waals surface area (Å²) >= 11 is 1.56. The van der Waals surface area contributed by atoms with Gasteiger partial charge < -0.3 is 10.1 Å². The second-order valence-electron chi connectivity index (χ2n) is 6.39.